The van der Waals surface area contributed by atoms with E-state index < -0.39 is 5.97 Å². The molecule has 39 heavy (non-hydrogen) atoms. The maximum absolute atomic E-state index is 12.7. The van der Waals surface area contributed by atoms with Crippen LogP contribution < -0.4 is 15.4 Å². The van der Waals surface area contributed by atoms with Crippen molar-refractivity contribution >= 4 is 39.8 Å². The van der Waals surface area contributed by atoms with E-state index in [0.717, 1.165) is 54.7 Å². The summed E-state index contributed by atoms with van der Waals surface area (Å²) in [6.45, 7) is 6.18. The van der Waals surface area contributed by atoms with Crippen LogP contribution in [0.3, 0.4) is 0 Å². The van der Waals surface area contributed by atoms with Crippen molar-refractivity contribution in [2.24, 2.45) is 5.92 Å². The molecule has 0 bridgehead atoms. The number of thiophene rings is 1. The summed E-state index contributed by atoms with van der Waals surface area (Å²) in [5.41, 5.74) is 3.95. The Bertz CT molecular complexity index is 1300. The molecular weight excluding hydrogens is 512 g/mol. The van der Waals surface area contributed by atoms with Crippen molar-refractivity contribution in [1.29, 1.82) is 0 Å². The lowest BCUT2D eigenvalue weighted by Crippen LogP contribution is -2.21. The number of hydrogen-bond donors (Lipinski definition) is 2. The molecule has 0 fully saturated rings. The number of benzene rings is 2. The van der Waals surface area contributed by atoms with E-state index in [4.69, 9.17) is 9.47 Å². The molecule has 2 amide bonds. The summed E-state index contributed by atoms with van der Waals surface area (Å²) in [4.78, 5) is 39.1. The molecule has 1 aliphatic carbocycles. The molecule has 2 aromatic carbocycles. The van der Waals surface area contributed by atoms with Crippen LogP contribution in [-0.4, -0.2) is 31.0 Å². The molecule has 7 nitrogen and oxygen atoms in total. The number of rotatable bonds is 11. The fourth-order valence-electron chi connectivity index (χ4n) is 4.61. The SMILES string of the molecule is CCCCc1ccc(NC(=O)c2ccc(OCC(=O)Nc3sc4c(c3C(=O)OCC)CCC(C)C4)cc2)cc1. The first-order valence-electron chi connectivity index (χ1n) is 13.6. The number of amides is 2. The molecular formula is C31H36N2O5S. The second kappa shape index (κ2) is 13.4. The number of ether oxygens (including phenoxy) is 2. The van der Waals surface area contributed by atoms with Gasteiger partial charge in [-0.2, -0.15) is 0 Å². The highest BCUT2D eigenvalue weighted by Crippen LogP contribution is 2.40. The fourth-order valence-corrected chi connectivity index (χ4v) is 6.03. The highest BCUT2D eigenvalue weighted by molar-refractivity contribution is 7.17. The van der Waals surface area contributed by atoms with Crippen LogP contribution in [0.2, 0.25) is 0 Å². The van der Waals surface area contributed by atoms with Crippen LogP contribution in [0, 0.1) is 5.92 Å². The molecule has 4 rings (SSSR count). The molecule has 0 aliphatic heterocycles. The van der Waals surface area contributed by atoms with Gasteiger partial charge in [-0.15, -0.1) is 11.3 Å². The van der Waals surface area contributed by atoms with Crippen molar-refractivity contribution in [2.75, 3.05) is 23.8 Å². The molecule has 3 aromatic rings. The lowest BCUT2D eigenvalue weighted by molar-refractivity contribution is -0.118. The summed E-state index contributed by atoms with van der Waals surface area (Å²) < 4.78 is 10.9. The normalized spacial score (nSPS) is 14.3. The number of carbonyl (C=O) groups is 3. The van der Waals surface area contributed by atoms with Gasteiger partial charge in [-0.05, 0) is 92.5 Å². The highest BCUT2D eigenvalue weighted by atomic mass is 32.1. The number of aryl methyl sites for hydroxylation is 1. The maximum Gasteiger partial charge on any atom is 0.341 e. The number of carbonyl (C=O) groups excluding carboxylic acids is 3. The molecule has 1 atom stereocenters. The van der Waals surface area contributed by atoms with Gasteiger partial charge in [0.2, 0.25) is 0 Å². The van der Waals surface area contributed by atoms with Crippen molar-refractivity contribution < 1.29 is 23.9 Å². The number of unbranched alkanes of at least 4 members (excludes halogenated alkanes) is 1. The topological polar surface area (TPSA) is 93.7 Å². The van der Waals surface area contributed by atoms with Gasteiger partial charge in [0.05, 0.1) is 12.2 Å². The van der Waals surface area contributed by atoms with Crippen LogP contribution >= 0.6 is 11.3 Å². The molecule has 0 spiro atoms. The summed E-state index contributed by atoms with van der Waals surface area (Å²) in [5, 5.41) is 6.28. The Hall–Kier alpha value is -3.65. The number of fused-ring (bicyclic) bond motifs is 1. The smallest absolute Gasteiger partial charge is 0.341 e. The van der Waals surface area contributed by atoms with Crippen molar-refractivity contribution in [2.45, 2.75) is 59.3 Å². The Morgan fingerprint density at radius 3 is 2.44 bits per heavy atom. The van der Waals surface area contributed by atoms with E-state index in [1.165, 1.54) is 16.9 Å². The number of nitrogens with one attached hydrogen (secondary N) is 2. The second-order valence-corrected chi connectivity index (χ2v) is 11.0. The van der Waals surface area contributed by atoms with Gasteiger partial charge in [0.15, 0.2) is 6.61 Å². The lowest BCUT2D eigenvalue weighted by Gasteiger charge is -2.18. The Kier molecular flexibility index (Phi) is 9.76. The first-order chi connectivity index (χ1) is 18.9. The van der Waals surface area contributed by atoms with Gasteiger partial charge in [0, 0.05) is 16.1 Å². The minimum Gasteiger partial charge on any atom is -0.484 e. The van der Waals surface area contributed by atoms with Crippen LogP contribution in [0.1, 0.15) is 76.8 Å². The molecule has 1 heterocycles. The van der Waals surface area contributed by atoms with Gasteiger partial charge in [-0.3, -0.25) is 9.59 Å². The first-order valence-corrected chi connectivity index (χ1v) is 14.4. The van der Waals surface area contributed by atoms with E-state index in [1.807, 2.05) is 24.3 Å². The number of hydrogen-bond acceptors (Lipinski definition) is 6. The molecule has 0 saturated heterocycles. The average Bonchev–Trinajstić information content (AvgIpc) is 3.28. The number of anilines is 2. The van der Waals surface area contributed by atoms with Crippen LogP contribution in [0.25, 0.3) is 0 Å². The highest BCUT2D eigenvalue weighted by Gasteiger charge is 2.29. The monoisotopic (exact) mass is 548 g/mol. The quantitative estimate of drug-likeness (QED) is 0.261. The number of esters is 1. The fraction of sp³-hybridized carbons (Fsp3) is 0.387. The van der Waals surface area contributed by atoms with E-state index in [1.54, 1.807) is 31.2 Å². The summed E-state index contributed by atoms with van der Waals surface area (Å²) >= 11 is 1.45. The molecule has 0 radical (unpaired) electrons. The average molecular weight is 549 g/mol. The summed E-state index contributed by atoms with van der Waals surface area (Å²) in [6, 6.07) is 14.5. The summed E-state index contributed by atoms with van der Waals surface area (Å²) in [7, 11) is 0. The van der Waals surface area contributed by atoms with E-state index in [2.05, 4.69) is 24.5 Å². The van der Waals surface area contributed by atoms with Gasteiger partial charge < -0.3 is 20.1 Å². The standard InChI is InChI=1S/C31H36N2O5S/c1-4-6-7-21-9-13-23(14-10-21)32-29(35)22-11-15-24(16-12-22)38-19-27(34)33-30-28(31(36)37-5-2)25-17-8-20(3)18-26(25)39-30/h9-16,20H,4-8,17-19H2,1-3H3,(H,32,35)(H,33,34). The van der Waals surface area contributed by atoms with Crippen LogP contribution in [-0.2, 0) is 28.8 Å². The van der Waals surface area contributed by atoms with Crippen molar-refractivity contribution in [1.82, 2.24) is 0 Å². The third-order valence-corrected chi connectivity index (χ3v) is 7.93. The molecule has 1 aromatic heterocycles. The van der Waals surface area contributed by atoms with Crippen molar-refractivity contribution in [3.05, 3.63) is 75.7 Å². The lowest BCUT2D eigenvalue weighted by atomic mass is 9.88. The predicted octanol–water partition coefficient (Wildman–Crippen LogP) is 6.66. The minimum atomic E-state index is -0.401. The van der Waals surface area contributed by atoms with E-state index in [0.29, 0.717) is 27.8 Å². The summed E-state index contributed by atoms with van der Waals surface area (Å²) in [5.74, 6) is 0.0210. The molecule has 1 unspecified atom stereocenters. The van der Waals surface area contributed by atoms with E-state index in [-0.39, 0.29) is 25.0 Å². The zero-order valence-corrected chi connectivity index (χ0v) is 23.6. The van der Waals surface area contributed by atoms with Gasteiger partial charge in [0.1, 0.15) is 10.8 Å². The molecule has 2 N–H and O–H groups in total. The van der Waals surface area contributed by atoms with Gasteiger partial charge in [0.25, 0.3) is 11.8 Å². The Morgan fingerprint density at radius 2 is 1.74 bits per heavy atom. The third kappa shape index (κ3) is 7.47. The van der Waals surface area contributed by atoms with Gasteiger partial charge >= 0.3 is 5.97 Å². The molecule has 0 saturated carbocycles. The zero-order chi connectivity index (χ0) is 27.8. The minimum absolute atomic E-state index is 0.219. The Labute approximate surface area is 233 Å². The maximum atomic E-state index is 12.7. The van der Waals surface area contributed by atoms with E-state index >= 15 is 0 Å². The van der Waals surface area contributed by atoms with E-state index in [9.17, 15) is 14.4 Å². The third-order valence-electron chi connectivity index (χ3n) is 6.76. The molecule has 1 aliphatic rings. The van der Waals surface area contributed by atoms with Gasteiger partial charge in [-0.25, -0.2) is 4.79 Å². The molecule has 8 heteroatoms. The van der Waals surface area contributed by atoms with Crippen LogP contribution in [0.15, 0.2) is 48.5 Å². The second-order valence-electron chi connectivity index (χ2n) is 9.89. The Morgan fingerprint density at radius 1 is 1.00 bits per heavy atom. The largest absolute Gasteiger partial charge is 0.484 e. The first kappa shape index (κ1) is 28.4. The van der Waals surface area contributed by atoms with Crippen molar-refractivity contribution in [3.63, 3.8) is 0 Å². The van der Waals surface area contributed by atoms with Crippen LogP contribution in [0.5, 0.6) is 5.75 Å². The summed E-state index contributed by atoms with van der Waals surface area (Å²) in [6.07, 6.45) is 6.03. The molecule has 206 valence electrons. The predicted molar refractivity (Wildman–Crippen MR) is 155 cm³/mol. The van der Waals surface area contributed by atoms with Crippen LogP contribution in [0.4, 0.5) is 10.7 Å². The van der Waals surface area contributed by atoms with Gasteiger partial charge in [-0.1, -0.05) is 32.4 Å². The van der Waals surface area contributed by atoms with Crippen molar-refractivity contribution in [3.8, 4) is 5.75 Å². The Balaban J connectivity index is 1.32. The zero-order valence-electron chi connectivity index (χ0n) is 22.8.